The maximum atomic E-state index is 12.2. The highest BCUT2D eigenvalue weighted by Gasteiger charge is 2.23. The van der Waals surface area contributed by atoms with Crippen LogP contribution in [0.25, 0.3) is 0 Å². The largest absolute Gasteiger partial charge is 0.398 e. The number of hydrogen-bond donors (Lipinski definition) is 2. The first-order valence-electron chi connectivity index (χ1n) is 5.64. The van der Waals surface area contributed by atoms with Gasteiger partial charge in [0, 0.05) is 23.7 Å². The topological polar surface area (TPSA) is 81.4 Å². The Balaban J connectivity index is 2.19. The third-order valence-electron chi connectivity index (χ3n) is 2.80. The molecule has 3 N–H and O–H groups in total. The lowest BCUT2D eigenvalue weighted by Gasteiger charge is -2.23. The van der Waals surface area contributed by atoms with E-state index in [-0.39, 0.29) is 16.6 Å². The molecule has 0 aliphatic carbocycles. The first kappa shape index (κ1) is 13.8. The SMILES string of the molecule is Nc1cc(Br)ccc1S(=O)(=O)NC1CCOCC1. The molecule has 0 amide bonds. The van der Waals surface area contributed by atoms with E-state index in [2.05, 4.69) is 20.7 Å². The van der Waals surface area contributed by atoms with Crippen LogP contribution in [-0.4, -0.2) is 27.7 Å². The van der Waals surface area contributed by atoms with Crippen molar-refractivity contribution >= 4 is 31.6 Å². The van der Waals surface area contributed by atoms with Crippen LogP contribution in [0, 0.1) is 0 Å². The minimum absolute atomic E-state index is 0.0770. The van der Waals surface area contributed by atoms with Crippen molar-refractivity contribution < 1.29 is 13.2 Å². The minimum atomic E-state index is -3.56. The number of nitrogen functional groups attached to an aromatic ring is 1. The molecular formula is C11H15BrN2O3S. The van der Waals surface area contributed by atoms with Crippen molar-refractivity contribution in [3.05, 3.63) is 22.7 Å². The number of hydrogen-bond acceptors (Lipinski definition) is 4. The molecule has 1 aliphatic rings. The second-order valence-electron chi connectivity index (χ2n) is 4.19. The monoisotopic (exact) mass is 334 g/mol. The lowest BCUT2D eigenvalue weighted by atomic mass is 10.1. The zero-order chi connectivity index (χ0) is 13.2. The molecule has 0 radical (unpaired) electrons. The molecule has 5 nitrogen and oxygen atoms in total. The van der Waals surface area contributed by atoms with Crippen molar-refractivity contribution in [1.29, 1.82) is 0 Å². The summed E-state index contributed by atoms with van der Waals surface area (Å²) in [4.78, 5) is 0.122. The number of rotatable bonds is 3. The van der Waals surface area contributed by atoms with Gasteiger partial charge in [-0.15, -0.1) is 0 Å². The van der Waals surface area contributed by atoms with Gasteiger partial charge in [-0.25, -0.2) is 13.1 Å². The molecule has 7 heteroatoms. The summed E-state index contributed by atoms with van der Waals surface area (Å²) in [6.45, 7) is 1.17. The summed E-state index contributed by atoms with van der Waals surface area (Å²) in [5, 5.41) is 0. The van der Waals surface area contributed by atoms with Crippen molar-refractivity contribution in [1.82, 2.24) is 4.72 Å². The van der Waals surface area contributed by atoms with Gasteiger partial charge < -0.3 is 10.5 Å². The maximum absolute atomic E-state index is 12.2. The zero-order valence-electron chi connectivity index (χ0n) is 9.73. The van der Waals surface area contributed by atoms with Crippen molar-refractivity contribution in [2.24, 2.45) is 0 Å². The summed E-state index contributed by atoms with van der Waals surface area (Å²) < 4.78 is 33.0. The van der Waals surface area contributed by atoms with Crippen LogP contribution in [0.1, 0.15) is 12.8 Å². The fraction of sp³-hybridized carbons (Fsp3) is 0.455. The summed E-state index contributed by atoms with van der Waals surface area (Å²) >= 11 is 3.25. The molecule has 1 saturated heterocycles. The Morgan fingerprint density at radius 3 is 2.61 bits per heavy atom. The van der Waals surface area contributed by atoms with Gasteiger partial charge in [0.05, 0.1) is 5.69 Å². The van der Waals surface area contributed by atoms with Gasteiger partial charge in [0.15, 0.2) is 0 Å². The summed E-state index contributed by atoms with van der Waals surface area (Å²) in [5.74, 6) is 0. The molecule has 0 bridgehead atoms. The Labute approximate surface area is 115 Å². The van der Waals surface area contributed by atoms with Gasteiger partial charge in [0.25, 0.3) is 0 Å². The van der Waals surface area contributed by atoms with Crippen molar-refractivity contribution in [2.45, 2.75) is 23.8 Å². The highest BCUT2D eigenvalue weighted by atomic mass is 79.9. The number of ether oxygens (including phenoxy) is 1. The second-order valence-corrected chi connectivity index (χ2v) is 6.79. The molecule has 1 fully saturated rings. The average Bonchev–Trinajstić information content (AvgIpc) is 2.29. The highest BCUT2D eigenvalue weighted by Crippen LogP contribution is 2.23. The summed E-state index contributed by atoms with van der Waals surface area (Å²) in [5.41, 5.74) is 5.98. The summed E-state index contributed by atoms with van der Waals surface area (Å²) in [7, 11) is -3.56. The number of nitrogens with one attached hydrogen (secondary N) is 1. The van der Waals surface area contributed by atoms with E-state index < -0.39 is 10.0 Å². The first-order valence-corrected chi connectivity index (χ1v) is 7.92. The van der Waals surface area contributed by atoms with Gasteiger partial charge in [0.2, 0.25) is 10.0 Å². The van der Waals surface area contributed by atoms with Crippen LogP contribution in [0.15, 0.2) is 27.6 Å². The van der Waals surface area contributed by atoms with Gasteiger partial charge in [-0.3, -0.25) is 0 Å². The number of benzene rings is 1. The number of nitrogens with two attached hydrogens (primary N) is 1. The molecule has 2 rings (SSSR count). The highest BCUT2D eigenvalue weighted by molar-refractivity contribution is 9.10. The summed E-state index contributed by atoms with van der Waals surface area (Å²) in [6, 6.07) is 4.67. The summed E-state index contributed by atoms with van der Waals surface area (Å²) in [6.07, 6.45) is 1.38. The van der Waals surface area contributed by atoms with Crippen LogP contribution in [0.3, 0.4) is 0 Å². The molecule has 1 aromatic rings. The molecule has 0 unspecified atom stereocenters. The molecule has 18 heavy (non-hydrogen) atoms. The molecule has 0 aromatic heterocycles. The predicted molar refractivity (Wildman–Crippen MR) is 72.7 cm³/mol. The number of sulfonamides is 1. The van der Waals surface area contributed by atoms with Crippen LogP contribution >= 0.6 is 15.9 Å². The van der Waals surface area contributed by atoms with Crippen LogP contribution in [-0.2, 0) is 14.8 Å². The van der Waals surface area contributed by atoms with E-state index in [0.29, 0.717) is 26.1 Å². The molecular weight excluding hydrogens is 320 g/mol. The van der Waals surface area contributed by atoms with Gasteiger partial charge >= 0.3 is 0 Å². The Bertz CT molecular complexity index is 527. The van der Waals surface area contributed by atoms with E-state index in [1.807, 2.05) is 0 Å². The third-order valence-corrected chi connectivity index (χ3v) is 4.89. The molecule has 0 saturated carbocycles. The minimum Gasteiger partial charge on any atom is -0.398 e. The third kappa shape index (κ3) is 3.23. The van der Waals surface area contributed by atoms with Gasteiger partial charge in [-0.1, -0.05) is 15.9 Å². The quantitative estimate of drug-likeness (QED) is 0.820. The predicted octanol–water partition coefficient (Wildman–Crippen LogP) is 1.49. The normalized spacial score (nSPS) is 17.8. The van der Waals surface area contributed by atoms with Gasteiger partial charge in [-0.2, -0.15) is 0 Å². The van der Waals surface area contributed by atoms with E-state index >= 15 is 0 Å². The van der Waals surface area contributed by atoms with Crippen LogP contribution in [0.2, 0.25) is 0 Å². The van der Waals surface area contributed by atoms with Crippen molar-refractivity contribution in [2.75, 3.05) is 18.9 Å². The number of anilines is 1. The molecule has 1 heterocycles. The molecule has 1 aromatic carbocycles. The molecule has 100 valence electrons. The zero-order valence-corrected chi connectivity index (χ0v) is 12.1. The Morgan fingerprint density at radius 1 is 1.33 bits per heavy atom. The van der Waals surface area contributed by atoms with E-state index in [1.165, 1.54) is 6.07 Å². The first-order chi connectivity index (χ1) is 8.49. The maximum Gasteiger partial charge on any atom is 0.242 e. The number of halogens is 1. The fourth-order valence-corrected chi connectivity index (χ4v) is 3.66. The lowest BCUT2D eigenvalue weighted by Crippen LogP contribution is -2.39. The van der Waals surface area contributed by atoms with Crippen LogP contribution in [0.4, 0.5) is 5.69 Å². The lowest BCUT2D eigenvalue weighted by molar-refractivity contribution is 0.0832. The van der Waals surface area contributed by atoms with Gasteiger partial charge in [-0.05, 0) is 31.0 Å². The Kier molecular flexibility index (Phi) is 4.26. The van der Waals surface area contributed by atoms with Gasteiger partial charge in [0.1, 0.15) is 4.90 Å². The van der Waals surface area contributed by atoms with Crippen molar-refractivity contribution in [3.63, 3.8) is 0 Å². The van der Waals surface area contributed by atoms with E-state index in [4.69, 9.17) is 10.5 Å². The van der Waals surface area contributed by atoms with E-state index in [0.717, 1.165) is 4.47 Å². The van der Waals surface area contributed by atoms with Crippen LogP contribution in [0.5, 0.6) is 0 Å². The smallest absolute Gasteiger partial charge is 0.242 e. The molecule has 0 atom stereocenters. The van der Waals surface area contributed by atoms with E-state index in [9.17, 15) is 8.42 Å². The fourth-order valence-electron chi connectivity index (χ4n) is 1.86. The van der Waals surface area contributed by atoms with Crippen molar-refractivity contribution in [3.8, 4) is 0 Å². The second kappa shape index (κ2) is 5.56. The van der Waals surface area contributed by atoms with E-state index in [1.54, 1.807) is 12.1 Å². The average molecular weight is 335 g/mol. The standard InChI is InChI=1S/C11H15BrN2O3S/c12-8-1-2-11(10(13)7-8)18(15,16)14-9-3-5-17-6-4-9/h1-2,7,9,14H,3-6,13H2. The molecule has 1 aliphatic heterocycles. The van der Waals surface area contributed by atoms with Crippen LogP contribution < -0.4 is 10.5 Å². The molecule has 0 spiro atoms. The Hall–Kier alpha value is -0.630. The Morgan fingerprint density at radius 2 is 2.00 bits per heavy atom.